The van der Waals surface area contributed by atoms with Crippen LogP contribution in [0.4, 0.5) is 18.9 Å². The summed E-state index contributed by atoms with van der Waals surface area (Å²) in [6.07, 6.45) is -0.776. The van der Waals surface area contributed by atoms with E-state index in [0.29, 0.717) is 5.56 Å². The number of carbonyl (C=O) groups excluding carboxylic acids is 1. The molecule has 0 saturated heterocycles. The van der Waals surface area contributed by atoms with E-state index in [2.05, 4.69) is 10.9 Å². The summed E-state index contributed by atoms with van der Waals surface area (Å²) in [4.78, 5) is 12.1. The number of nitrogens with one attached hydrogen (secondary N) is 2. The fourth-order valence-corrected chi connectivity index (χ4v) is 2.33. The Labute approximate surface area is 141 Å². The topological polar surface area (TPSA) is 46.1 Å². The van der Waals surface area contributed by atoms with Gasteiger partial charge in [0.1, 0.15) is 0 Å². The number of alkyl halides is 3. The number of halogens is 3. The number of para-hydroxylation sites is 1. The molecule has 0 aliphatic carbocycles. The van der Waals surface area contributed by atoms with Gasteiger partial charge in [0.25, 0.3) is 5.91 Å². The van der Waals surface area contributed by atoms with Crippen molar-refractivity contribution in [2.45, 2.75) is 6.18 Å². The third kappa shape index (κ3) is 3.82. The number of hydrazine groups is 1. The van der Waals surface area contributed by atoms with Gasteiger partial charge >= 0.3 is 6.18 Å². The summed E-state index contributed by atoms with van der Waals surface area (Å²) >= 11 is 0. The summed E-state index contributed by atoms with van der Waals surface area (Å²) in [7, 11) is 0. The Morgan fingerprint density at radius 3 is 2.16 bits per heavy atom. The van der Waals surface area contributed by atoms with Gasteiger partial charge in [-0.2, -0.15) is 13.2 Å². The molecule has 0 fully saturated rings. The van der Waals surface area contributed by atoms with Gasteiger partial charge in [0.15, 0.2) is 0 Å². The zero-order chi connectivity index (χ0) is 17.9. The maximum absolute atomic E-state index is 12.9. The van der Waals surface area contributed by atoms with Crippen LogP contribution in [0.3, 0.4) is 0 Å². The number of amides is 1. The number of carbonyl (C=O) groups is 1. The van der Waals surface area contributed by atoms with Gasteiger partial charge in [-0.1, -0.05) is 12.1 Å². The highest BCUT2D eigenvalue weighted by molar-refractivity contribution is 5.95. The number of hydrogen-bond donors (Lipinski definition) is 2. The summed E-state index contributed by atoms with van der Waals surface area (Å²) in [5.74, 6) is -0.531. The number of hydrogen-bond acceptors (Lipinski definition) is 2. The zero-order valence-electron chi connectivity index (χ0n) is 12.9. The Kier molecular flexibility index (Phi) is 4.47. The average Bonchev–Trinajstić information content (AvgIpc) is 3.14. The summed E-state index contributed by atoms with van der Waals surface area (Å²) in [5.41, 5.74) is 4.76. The maximum Gasteiger partial charge on any atom is 0.418 e. The summed E-state index contributed by atoms with van der Waals surface area (Å²) in [5, 5.41) is 0. The van der Waals surface area contributed by atoms with Crippen molar-refractivity contribution < 1.29 is 18.0 Å². The van der Waals surface area contributed by atoms with Gasteiger partial charge in [-0.15, -0.1) is 0 Å². The second-order valence-electron chi connectivity index (χ2n) is 5.26. The second-order valence-corrected chi connectivity index (χ2v) is 5.26. The number of anilines is 1. The molecule has 0 bridgehead atoms. The van der Waals surface area contributed by atoms with Crippen molar-refractivity contribution in [2.24, 2.45) is 0 Å². The van der Waals surface area contributed by atoms with E-state index in [1.54, 1.807) is 24.3 Å². The van der Waals surface area contributed by atoms with Gasteiger partial charge in [-0.25, -0.2) is 0 Å². The average molecular weight is 345 g/mol. The molecule has 2 aromatic carbocycles. The molecule has 0 saturated carbocycles. The van der Waals surface area contributed by atoms with Crippen LogP contribution in [0.1, 0.15) is 15.9 Å². The van der Waals surface area contributed by atoms with Crippen molar-refractivity contribution in [2.75, 3.05) is 5.43 Å². The molecular formula is C18H14F3N3O. The minimum absolute atomic E-state index is 0.215. The van der Waals surface area contributed by atoms with Crippen LogP contribution in [-0.4, -0.2) is 10.5 Å². The highest BCUT2D eigenvalue weighted by Crippen LogP contribution is 2.34. The van der Waals surface area contributed by atoms with E-state index in [0.717, 1.165) is 11.8 Å². The van der Waals surface area contributed by atoms with Crippen molar-refractivity contribution >= 4 is 11.6 Å². The second kappa shape index (κ2) is 6.72. The first kappa shape index (κ1) is 16.6. The van der Waals surface area contributed by atoms with Crippen LogP contribution in [-0.2, 0) is 6.18 Å². The third-order valence-corrected chi connectivity index (χ3v) is 3.58. The van der Waals surface area contributed by atoms with Crippen LogP contribution in [0, 0.1) is 0 Å². The zero-order valence-corrected chi connectivity index (χ0v) is 12.9. The molecule has 128 valence electrons. The highest BCUT2D eigenvalue weighted by atomic mass is 19.4. The first-order valence-electron chi connectivity index (χ1n) is 7.41. The lowest BCUT2D eigenvalue weighted by Crippen LogP contribution is -2.30. The summed E-state index contributed by atoms with van der Waals surface area (Å²) in [6.45, 7) is 0. The Bertz CT molecular complexity index is 856. The van der Waals surface area contributed by atoms with Gasteiger partial charge in [0, 0.05) is 23.6 Å². The van der Waals surface area contributed by atoms with Gasteiger partial charge in [0.2, 0.25) is 0 Å². The monoisotopic (exact) mass is 345 g/mol. The molecule has 0 aliphatic heterocycles. The van der Waals surface area contributed by atoms with E-state index in [1.165, 1.54) is 18.2 Å². The quantitative estimate of drug-likeness (QED) is 0.694. The van der Waals surface area contributed by atoms with E-state index in [1.807, 2.05) is 29.1 Å². The highest BCUT2D eigenvalue weighted by Gasteiger charge is 2.33. The van der Waals surface area contributed by atoms with Gasteiger partial charge in [-0.3, -0.25) is 15.6 Å². The Morgan fingerprint density at radius 2 is 1.52 bits per heavy atom. The van der Waals surface area contributed by atoms with Gasteiger partial charge in [-0.05, 0) is 48.5 Å². The maximum atomic E-state index is 12.9. The van der Waals surface area contributed by atoms with Crippen LogP contribution >= 0.6 is 0 Å². The van der Waals surface area contributed by atoms with E-state index < -0.39 is 17.6 Å². The van der Waals surface area contributed by atoms with Crippen molar-refractivity contribution in [1.82, 2.24) is 9.99 Å². The molecule has 7 heteroatoms. The van der Waals surface area contributed by atoms with Crippen molar-refractivity contribution in [3.05, 3.63) is 84.2 Å². The number of rotatable bonds is 4. The largest absolute Gasteiger partial charge is 0.418 e. The van der Waals surface area contributed by atoms with Crippen LogP contribution in [0.15, 0.2) is 73.1 Å². The van der Waals surface area contributed by atoms with E-state index in [-0.39, 0.29) is 5.69 Å². The van der Waals surface area contributed by atoms with Crippen molar-refractivity contribution in [1.29, 1.82) is 0 Å². The lowest BCUT2D eigenvalue weighted by molar-refractivity contribution is -0.137. The van der Waals surface area contributed by atoms with Gasteiger partial charge < -0.3 is 4.57 Å². The van der Waals surface area contributed by atoms with Crippen LogP contribution in [0.25, 0.3) is 5.69 Å². The SMILES string of the molecule is O=C(NNc1ccccc1C(F)(F)F)c1ccc(-n2cccc2)cc1. The molecular weight excluding hydrogens is 331 g/mol. The number of aromatic nitrogens is 1. The fourth-order valence-electron chi connectivity index (χ4n) is 2.33. The summed E-state index contributed by atoms with van der Waals surface area (Å²) in [6, 6.07) is 15.4. The lowest BCUT2D eigenvalue weighted by Gasteiger charge is -2.15. The predicted octanol–water partition coefficient (Wildman–Crippen LogP) is 4.25. The van der Waals surface area contributed by atoms with Crippen LogP contribution in [0.5, 0.6) is 0 Å². The van der Waals surface area contributed by atoms with Crippen LogP contribution in [0.2, 0.25) is 0 Å². The predicted molar refractivity (Wildman–Crippen MR) is 88.3 cm³/mol. The Hall–Kier alpha value is -3.22. The third-order valence-electron chi connectivity index (χ3n) is 3.58. The van der Waals surface area contributed by atoms with Gasteiger partial charge in [0.05, 0.1) is 11.3 Å². The summed E-state index contributed by atoms with van der Waals surface area (Å²) < 4.78 is 40.6. The Morgan fingerprint density at radius 1 is 0.880 bits per heavy atom. The molecule has 4 nitrogen and oxygen atoms in total. The molecule has 1 amide bonds. The Balaban J connectivity index is 1.69. The normalized spacial score (nSPS) is 11.2. The molecule has 0 atom stereocenters. The smallest absolute Gasteiger partial charge is 0.324 e. The van der Waals surface area contributed by atoms with E-state index in [9.17, 15) is 18.0 Å². The molecule has 3 aromatic rings. The minimum Gasteiger partial charge on any atom is -0.324 e. The van der Waals surface area contributed by atoms with Crippen LogP contribution < -0.4 is 10.9 Å². The number of nitrogens with zero attached hydrogens (tertiary/aromatic N) is 1. The minimum atomic E-state index is -4.51. The number of benzene rings is 2. The first-order valence-corrected chi connectivity index (χ1v) is 7.41. The van der Waals surface area contributed by atoms with Crippen molar-refractivity contribution in [3.8, 4) is 5.69 Å². The lowest BCUT2D eigenvalue weighted by atomic mass is 10.2. The molecule has 0 aliphatic rings. The standard InChI is InChI=1S/C18H14F3N3O/c19-18(20,21)15-5-1-2-6-16(15)22-23-17(25)13-7-9-14(10-8-13)24-11-3-4-12-24/h1-12,22H,(H,23,25). The fraction of sp³-hybridized carbons (Fsp3) is 0.0556. The molecule has 1 aromatic heterocycles. The molecule has 0 unspecified atom stereocenters. The molecule has 0 spiro atoms. The molecule has 3 rings (SSSR count). The molecule has 1 heterocycles. The molecule has 2 N–H and O–H groups in total. The van der Waals surface area contributed by atoms with E-state index >= 15 is 0 Å². The van der Waals surface area contributed by atoms with Crippen molar-refractivity contribution in [3.63, 3.8) is 0 Å². The molecule has 25 heavy (non-hydrogen) atoms. The molecule has 0 radical (unpaired) electrons. The first-order chi connectivity index (χ1) is 11.9. The van der Waals surface area contributed by atoms with E-state index in [4.69, 9.17) is 0 Å².